The first-order valence-electron chi connectivity index (χ1n) is 10.7. The van der Waals surface area contributed by atoms with Crippen molar-refractivity contribution in [2.45, 2.75) is 38.1 Å². The largest absolute Gasteiger partial charge is 0.382 e. The van der Waals surface area contributed by atoms with E-state index in [4.69, 9.17) is 15.2 Å². The molecule has 7 nitrogen and oxygen atoms in total. The Morgan fingerprint density at radius 3 is 2.81 bits per heavy atom. The van der Waals surface area contributed by atoms with E-state index in [9.17, 15) is 8.78 Å². The third kappa shape index (κ3) is 2.60. The highest BCUT2D eigenvalue weighted by molar-refractivity contribution is 5.85. The first kappa shape index (κ1) is 19.2. The normalized spacial score (nSPS) is 22.2. The maximum absolute atomic E-state index is 14.7. The van der Waals surface area contributed by atoms with Crippen LogP contribution in [0.25, 0.3) is 16.9 Å². The summed E-state index contributed by atoms with van der Waals surface area (Å²) in [6.45, 7) is 4.75. The zero-order valence-electron chi connectivity index (χ0n) is 17.7. The van der Waals surface area contributed by atoms with E-state index >= 15 is 0 Å². The van der Waals surface area contributed by atoms with Crippen molar-refractivity contribution >= 4 is 17.3 Å². The Balaban J connectivity index is 1.47. The summed E-state index contributed by atoms with van der Waals surface area (Å²) >= 11 is 0. The van der Waals surface area contributed by atoms with E-state index in [-0.39, 0.29) is 17.7 Å². The van der Waals surface area contributed by atoms with Gasteiger partial charge in [0.15, 0.2) is 11.5 Å². The third-order valence-electron chi connectivity index (χ3n) is 6.78. The van der Waals surface area contributed by atoms with Gasteiger partial charge < -0.3 is 15.2 Å². The van der Waals surface area contributed by atoms with Crippen LogP contribution in [0.4, 0.5) is 20.4 Å². The monoisotopic (exact) mass is 436 g/mol. The highest BCUT2D eigenvalue weighted by atomic mass is 19.1. The number of benzene rings is 1. The molecule has 0 spiro atoms. The van der Waals surface area contributed by atoms with Crippen LogP contribution in [0.15, 0.2) is 41.1 Å². The molecule has 1 saturated heterocycles. The smallest absolute Gasteiger partial charge is 0.169 e. The fourth-order valence-electron chi connectivity index (χ4n) is 5.11. The van der Waals surface area contributed by atoms with E-state index in [1.165, 1.54) is 12.1 Å². The van der Waals surface area contributed by atoms with Crippen molar-refractivity contribution in [1.29, 1.82) is 0 Å². The van der Waals surface area contributed by atoms with Crippen LogP contribution in [-0.4, -0.2) is 26.3 Å². The van der Waals surface area contributed by atoms with E-state index in [1.807, 2.05) is 26.0 Å². The molecule has 4 heterocycles. The number of fused-ring (bicyclic) bond motifs is 2. The molecule has 2 aliphatic rings. The van der Waals surface area contributed by atoms with Crippen molar-refractivity contribution in [3.05, 3.63) is 59.5 Å². The second kappa shape index (κ2) is 6.51. The minimum absolute atomic E-state index is 0.181. The van der Waals surface area contributed by atoms with Crippen molar-refractivity contribution in [1.82, 2.24) is 19.8 Å². The van der Waals surface area contributed by atoms with E-state index < -0.39 is 11.4 Å². The summed E-state index contributed by atoms with van der Waals surface area (Å²) < 4.78 is 35.8. The van der Waals surface area contributed by atoms with Gasteiger partial charge >= 0.3 is 0 Å². The molecule has 6 rings (SSSR count). The van der Waals surface area contributed by atoms with E-state index in [0.29, 0.717) is 40.6 Å². The highest BCUT2D eigenvalue weighted by Crippen LogP contribution is 2.63. The van der Waals surface area contributed by atoms with Gasteiger partial charge in [-0.2, -0.15) is 0 Å². The second-order valence-corrected chi connectivity index (χ2v) is 8.97. The molecule has 0 unspecified atom stereocenters. The standard InChI is InChI=1S/C23H22F2N6O/c1-12(2)18-10-17(29-32-18)20-21(26)28-31-8-6-19(27-22(20)31)30-7-5-13-11-23(13,30)15-9-14(24)3-4-16(15)25/h3-4,6,8-10,12-13H,5,7,11H2,1-2H3,(H2,26,28)/t13-,23+/m0/s1. The van der Waals surface area contributed by atoms with Crippen molar-refractivity contribution in [3.8, 4) is 11.3 Å². The fourth-order valence-corrected chi connectivity index (χ4v) is 5.11. The number of anilines is 2. The molecule has 164 valence electrons. The third-order valence-corrected chi connectivity index (χ3v) is 6.78. The number of aromatic nitrogens is 4. The van der Waals surface area contributed by atoms with Gasteiger partial charge in [0.1, 0.15) is 28.9 Å². The lowest BCUT2D eigenvalue weighted by Crippen LogP contribution is -2.34. The van der Waals surface area contributed by atoms with Crippen molar-refractivity contribution in [3.63, 3.8) is 0 Å². The lowest BCUT2D eigenvalue weighted by atomic mass is 10.0. The summed E-state index contributed by atoms with van der Waals surface area (Å²) in [6, 6.07) is 7.36. The van der Waals surface area contributed by atoms with Crippen LogP contribution in [0, 0.1) is 17.6 Å². The maximum Gasteiger partial charge on any atom is 0.169 e. The van der Waals surface area contributed by atoms with Gasteiger partial charge in [0.05, 0.1) is 11.1 Å². The van der Waals surface area contributed by atoms with E-state index in [2.05, 4.69) is 15.2 Å². The fraction of sp³-hybridized carbons (Fsp3) is 0.348. The number of nitrogen functional groups attached to an aromatic ring is 1. The molecule has 1 saturated carbocycles. The molecule has 32 heavy (non-hydrogen) atoms. The molecule has 4 aromatic rings. The summed E-state index contributed by atoms with van der Waals surface area (Å²) in [4.78, 5) is 6.94. The molecule has 2 atom stereocenters. The second-order valence-electron chi connectivity index (χ2n) is 8.97. The van der Waals surface area contributed by atoms with Crippen LogP contribution in [0.1, 0.15) is 43.9 Å². The van der Waals surface area contributed by atoms with Crippen LogP contribution in [0.5, 0.6) is 0 Å². The van der Waals surface area contributed by atoms with Crippen molar-refractivity contribution in [2.24, 2.45) is 5.92 Å². The zero-order valence-corrected chi connectivity index (χ0v) is 17.7. The molecule has 3 aromatic heterocycles. The van der Waals surface area contributed by atoms with Crippen molar-refractivity contribution < 1.29 is 13.3 Å². The van der Waals surface area contributed by atoms with Crippen LogP contribution in [-0.2, 0) is 5.54 Å². The zero-order chi connectivity index (χ0) is 22.2. The first-order valence-corrected chi connectivity index (χ1v) is 10.7. The highest BCUT2D eigenvalue weighted by Gasteiger charge is 2.64. The Morgan fingerprint density at radius 1 is 1.22 bits per heavy atom. The summed E-state index contributed by atoms with van der Waals surface area (Å²) in [5, 5.41) is 8.53. The van der Waals surface area contributed by atoms with Gasteiger partial charge in [0.25, 0.3) is 0 Å². The summed E-state index contributed by atoms with van der Waals surface area (Å²) in [5.41, 5.74) is 7.75. The Morgan fingerprint density at radius 2 is 2.06 bits per heavy atom. The van der Waals surface area contributed by atoms with Crippen LogP contribution in [0.2, 0.25) is 0 Å². The number of rotatable bonds is 4. The lowest BCUT2D eigenvalue weighted by molar-refractivity contribution is 0.373. The Hall–Kier alpha value is -3.49. The van der Waals surface area contributed by atoms with Gasteiger partial charge in [-0.1, -0.05) is 19.0 Å². The van der Waals surface area contributed by atoms with Gasteiger partial charge in [0.2, 0.25) is 0 Å². The molecule has 2 N–H and O–H groups in total. The predicted octanol–water partition coefficient (Wildman–Crippen LogP) is 4.49. The first-order chi connectivity index (χ1) is 15.4. The maximum atomic E-state index is 14.7. The number of nitrogens with two attached hydrogens (primary N) is 1. The summed E-state index contributed by atoms with van der Waals surface area (Å²) in [7, 11) is 0. The lowest BCUT2D eigenvalue weighted by Gasteiger charge is -2.30. The SMILES string of the molecule is CC(C)c1cc(-c2c(N)nn3ccc(N4CC[C@H]5C[C@]54c4cc(F)ccc4F)nc23)no1. The molecule has 1 aliphatic carbocycles. The molecule has 1 aliphatic heterocycles. The molecule has 0 amide bonds. The minimum atomic E-state index is -0.568. The topological polar surface area (TPSA) is 85.5 Å². The molecular weight excluding hydrogens is 414 g/mol. The quantitative estimate of drug-likeness (QED) is 0.507. The number of hydrogen-bond acceptors (Lipinski definition) is 6. The number of nitrogens with zero attached hydrogens (tertiary/aromatic N) is 5. The summed E-state index contributed by atoms with van der Waals surface area (Å²) in [5.74, 6) is 1.35. The predicted molar refractivity (Wildman–Crippen MR) is 115 cm³/mol. The number of hydrogen-bond donors (Lipinski definition) is 1. The van der Waals surface area contributed by atoms with Gasteiger partial charge in [0, 0.05) is 30.3 Å². The number of piperidine rings is 1. The molecule has 0 bridgehead atoms. The van der Waals surface area contributed by atoms with Gasteiger partial charge in [-0.05, 0) is 43.0 Å². The molecule has 9 heteroatoms. The number of halogens is 2. The van der Waals surface area contributed by atoms with Gasteiger partial charge in [-0.25, -0.2) is 18.3 Å². The van der Waals surface area contributed by atoms with Crippen LogP contribution < -0.4 is 10.6 Å². The van der Waals surface area contributed by atoms with Crippen LogP contribution in [0.3, 0.4) is 0 Å². The molecule has 2 fully saturated rings. The minimum Gasteiger partial charge on any atom is -0.382 e. The van der Waals surface area contributed by atoms with Crippen LogP contribution >= 0.6 is 0 Å². The molecule has 0 radical (unpaired) electrons. The van der Waals surface area contributed by atoms with E-state index in [1.54, 1.807) is 10.7 Å². The summed E-state index contributed by atoms with van der Waals surface area (Å²) in [6.07, 6.45) is 3.46. The van der Waals surface area contributed by atoms with Crippen molar-refractivity contribution in [2.75, 3.05) is 17.2 Å². The molecular formula is C23H22F2N6O. The Kier molecular flexibility index (Phi) is 3.91. The molecule has 1 aromatic carbocycles. The Bertz CT molecular complexity index is 1360. The average molecular weight is 436 g/mol. The van der Waals surface area contributed by atoms with Gasteiger partial charge in [-0.15, -0.1) is 5.10 Å². The van der Waals surface area contributed by atoms with Gasteiger partial charge in [-0.3, -0.25) is 0 Å². The van der Waals surface area contributed by atoms with E-state index in [0.717, 1.165) is 24.7 Å². The Labute approximate surface area is 182 Å². The average Bonchev–Trinajstić information content (AvgIpc) is 3.09.